The van der Waals surface area contributed by atoms with Crippen LogP contribution in [0.2, 0.25) is 0 Å². The van der Waals surface area contributed by atoms with Gasteiger partial charge in [-0.25, -0.2) is 0 Å². The van der Waals surface area contributed by atoms with Crippen LogP contribution in [0.1, 0.15) is 15.9 Å². The number of carbonyl (C=O) groups excluding carboxylic acids is 2. The molecule has 0 saturated heterocycles. The SMILES string of the molecule is COc1cc(/C=C/C(=O)Nc2ccccc2C(=O)Nc2nn[nH]n2)cc(OC)c1OC. The summed E-state index contributed by atoms with van der Waals surface area (Å²) in [5.74, 6) is 0.469. The van der Waals surface area contributed by atoms with Crippen LogP contribution >= 0.6 is 0 Å². The standard InChI is InChI=1S/C20H20N6O5/c1-29-15-10-12(11-16(30-2)18(15)31-3)8-9-17(27)21-14-7-5-4-6-13(14)19(28)22-20-23-25-26-24-20/h4-11H,1-3H3,(H,21,27)(H2,22,23,24,25,26,28)/b9-8+. The number of hydrogen-bond acceptors (Lipinski definition) is 8. The molecule has 0 atom stereocenters. The predicted molar refractivity (Wildman–Crippen MR) is 112 cm³/mol. The van der Waals surface area contributed by atoms with E-state index in [9.17, 15) is 9.59 Å². The minimum absolute atomic E-state index is 0.0217. The maximum Gasteiger partial charge on any atom is 0.270 e. The molecule has 1 heterocycles. The van der Waals surface area contributed by atoms with Crippen molar-refractivity contribution in [1.82, 2.24) is 20.6 Å². The Morgan fingerprint density at radius 2 is 1.71 bits per heavy atom. The van der Waals surface area contributed by atoms with Gasteiger partial charge in [0.1, 0.15) is 0 Å². The van der Waals surface area contributed by atoms with Crippen molar-refractivity contribution in [1.29, 1.82) is 0 Å². The lowest BCUT2D eigenvalue weighted by atomic mass is 10.1. The second-order valence-electron chi connectivity index (χ2n) is 6.02. The molecule has 3 N–H and O–H groups in total. The molecule has 3 rings (SSSR count). The molecular weight excluding hydrogens is 404 g/mol. The molecule has 2 aromatic carbocycles. The average Bonchev–Trinajstić information content (AvgIpc) is 3.30. The number of rotatable bonds is 8. The lowest BCUT2D eigenvalue weighted by Gasteiger charge is -2.12. The van der Waals surface area contributed by atoms with E-state index in [0.717, 1.165) is 0 Å². The normalized spacial score (nSPS) is 10.5. The molecule has 0 saturated carbocycles. The molecule has 11 nitrogen and oxygen atoms in total. The number of hydrogen-bond donors (Lipinski definition) is 3. The van der Waals surface area contributed by atoms with Crippen molar-refractivity contribution in [3.63, 3.8) is 0 Å². The van der Waals surface area contributed by atoms with Crippen LogP contribution in [0.3, 0.4) is 0 Å². The Kier molecular flexibility index (Phi) is 6.78. The highest BCUT2D eigenvalue weighted by Crippen LogP contribution is 2.38. The number of ether oxygens (including phenoxy) is 3. The Morgan fingerprint density at radius 1 is 1.00 bits per heavy atom. The Labute approximate surface area is 177 Å². The molecule has 0 aliphatic rings. The van der Waals surface area contributed by atoms with Crippen molar-refractivity contribution < 1.29 is 23.8 Å². The summed E-state index contributed by atoms with van der Waals surface area (Å²) in [6.07, 6.45) is 2.91. The van der Waals surface area contributed by atoms with E-state index < -0.39 is 11.8 Å². The van der Waals surface area contributed by atoms with Crippen LogP contribution in [0.4, 0.5) is 11.6 Å². The van der Waals surface area contributed by atoms with Gasteiger partial charge in [0.15, 0.2) is 11.5 Å². The smallest absolute Gasteiger partial charge is 0.270 e. The summed E-state index contributed by atoms with van der Waals surface area (Å²) < 4.78 is 15.9. The van der Waals surface area contributed by atoms with Gasteiger partial charge >= 0.3 is 0 Å². The van der Waals surface area contributed by atoms with E-state index in [1.165, 1.54) is 27.4 Å². The molecule has 1 aromatic heterocycles. The Morgan fingerprint density at radius 3 is 2.32 bits per heavy atom. The first-order valence-electron chi connectivity index (χ1n) is 8.98. The lowest BCUT2D eigenvalue weighted by Crippen LogP contribution is -2.17. The van der Waals surface area contributed by atoms with Gasteiger partial charge in [0.05, 0.1) is 32.6 Å². The summed E-state index contributed by atoms with van der Waals surface area (Å²) in [5, 5.41) is 18.1. The van der Waals surface area contributed by atoms with Gasteiger partial charge in [-0.2, -0.15) is 5.21 Å². The number of benzene rings is 2. The summed E-state index contributed by atoms with van der Waals surface area (Å²) in [6, 6.07) is 9.95. The number of amides is 2. The van der Waals surface area contributed by atoms with Gasteiger partial charge in [-0.1, -0.05) is 17.2 Å². The number of para-hydroxylation sites is 1. The second kappa shape index (κ2) is 9.87. The van der Waals surface area contributed by atoms with Crippen molar-refractivity contribution in [2.75, 3.05) is 32.0 Å². The number of H-pyrrole nitrogens is 1. The van der Waals surface area contributed by atoms with Gasteiger partial charge in [-0.15, -0.1) is 5.10 Å². The summed E-state index contributed by atoms with van der Waals surface area (Å²) >= 11 is 0. The molecule has 0 bridgehead atoms. The predicted octanol–water partition coefficient (Wildman–Crippen LogP) is 2.13. The monoisotopic (exact) mass is 424 g/mol. The van der Waals surface area contributed by atoms with Crippen LogP contribution < -0.4 is 24.8 Å². The molecular formula is C20H20N6O5. The molecule has 0 aliphatic heterocycles. The fraction of sp³-hybridized carbons (Fsp3) is 0.150. The summed E-state index contributed by atoms with van der Waals surface area (Å²) in [7, 11) is 4.53. The van der Waals surface area contributed by atoms with Crippen LogP contribution in [-0.4, -0.2) is 53.8 Å². The first-order chi connectivity index (χ1) is 15.0. The highest BCUT2D eigenvalue weighted by atomic mass is 16.5. The van der Waals surface area contributed by atoms with Crippen molar-refractivity contribution >= 4 is 29.5 Å². The number of nitrogens with one attached hydrogen (secondary N) is 3. The highest BCUT2D eigenvalue weighted by molar-refractivity contribution is 6.11. The Bertz CT molecular complexity index is 1070. The van der Waals surface area contributed by atoms with E-state index in [-0.39, 0.29) is 11.5 Å². The number of aromatic nitrogens is 4. The van der Waals surface area contributed by atoms with E-state index in [0.29, 0.717) is 28.5 Å². The summed E-state index contributed by atoms with van der Waals surface area (Å²) in [5.41, 5.74) is 1.22. The Hall–Kier alpha value is -4.41. The zero-order chi connectivity index (χ0) is 22.2. The van der Waals surface area contributed by atoms with E-state index >= 15 is 0 Å². The lowest BCUT2D eigenvalue weighted by molar-refractivity contribution is -0.111. The van der Waals surface area contributed by atoms with Crippen molar-refractivity contribution in [3.8, 4) is 17.2 Å². The highest BCUT2D eigenvalue weighted by Gasteiger charge is 2.15. The van der Waals surface area contributed by atoms with E-state index in [4.69, 9.17) is 14.2 Å². The third kappa shape index (κ3) is 5.15. The molecule has 0 fully saturated rings. The third-order valence-electron chi connectivity index (χ3n) is 4.11. The minimum atomic E-state index is -0.495. The molecule has 31 heavy (non-hydrogen) atoms. The zero-order valence-electron chi connectivity index (χ0n) is 17.0. The number of carbonyl (C=O) groups is 2. The fourth-order valence-corrected chi connectivity index (χ4v) is 2.72. The van der Waals surface area contributed by atoms with Crippen molar-refractivity contribution in [3.05, 3.63) is 53.6 Å². The first kappa shape index (κ1) is 21.3. The van der Waals surface area contributed by atoms with E-state index in [1.807, 2.05) is 0 Å². The van der Waals surface area contributed by atoms with Crippen LogP contribution in [0.15, 0.2) is 42.5 Å². The second-order valence-corrected chi connectivity index (χ2v) is 6.02. The van der Waals surface area contributed by atoms with E-state index in [2.05, 4.69) is 31.3 Å². The van der Waals surface area contributed by atoms with Gasteiger partial charge in [-0.3, -0.25) is 14.9 Å². The van der Waals surface area contributed by atoms with Gasteiger partial charge in [-0.05, 0) is 41.1 Å². The minimum Gasteiger partial charge on any atom is -0.493 e. The number of aromatic amines is 1. The number of anilines is 2. The van der Waals surface area contributed by atoms with Gasteiger partial charge in [0.25, 0.3) is 11.9 Å². The quantitative estimate of drug-likeness (QED) is 0.467. The Balaban J connectivity index is 1.76. The maximum absolute atomic E-state index is 12.5. The molecule has 160 valence electrons. The van der Waals surface area contributed by atoms with Crippen LogP contribution in [0, 0.1) is 0 Å². The number of tetrazole rings is 1. The zero-order valence-corrected chi connectivity index (χ0v) is 17.0. The average molecular weight is 424 g/mol. The number of nitrogens with zero attached hydrogens (tertiary/aromatic N) is 3. The molecule has 0 radical (unpaired) electrons. The van der Waals surface area contributed by atoms with Crippen LogP contribution in [-0.2, 0) is 4.79 Å². The van der Waals surface area contributed by atoms with Crippen molar-refractivity contribution in [2.24, 2.45) is 0 Å². The van der Waals surface area contributed by atoms with Crippen molar-refractivity contribution in [2.45, 2.75) is 0 Å². The molecule has 2 amide bonds. The van der Waals surface area contributed by atoms with Gasteiger partial charge < -0.3 is 19.5 Å². The fourth-order valence-electron chi connectivity index (χ4n) is 2.72. The molecule has 3 aromatic rings. The molecule has 0 unspecified atom stereocenters. The van der Waals surface area contributed by atoms with E-state index in [1.54, 1.807) is 42.5 Å². The van der Waals surface area contributed by atoms with Gasteiger partial charge in [0, 0.05) is 6.08 Å². The third-order valence-corrected chi connectivity index (χ3v) is 4.11. The topological polar surface area (TPSA) is 140 Å². The number of methoxy groups -OCH3 is 3. The molecule has 11 heteroatoms. The van der Waals surface area contributed by atoms with Crippen LogP contribution in [0.5, 0.6) is 17.2 Å². The molecule has 0 spiro atoms. The first-order valence-corrected chi connectivity index (χ1v) is 8.98. The van der Waals surface area contributed by atoms with Gasteiger partial charge in [0.2, 0.25) is 11.7 Å². The summed E-state index contributed by atoms with van der Waals surface area (Å²) in [6.45, 7) is 0. The summed E-state index contributed by atoms with van der Waals surface area (Å²) in [4.78, 5) is 24.9. The van der Waals surface area contributed by atoms with Crippen LogP contribution in [0.25, 0.3) is 6.08 Å². The maximum atomic E-state index is 12.5. The molecule has 0 aliphatic carbocycles. The largest absolute Gasteiger partial charge is 0.493 e.